The molecule has 0 saturated carbocycles. The van der Waals surface area contributed by atoms with Crippen LogP contribution in [0.4, 0.5) is 0 Å². The maximum atomic E-state index is 9.45. The van der Waals surface area contributed by atoms with E-state index in [1.54, 1.807) is 6.92 Å². The predicted molar refractivity (Wildman–Crippen MR) is 58.2 cm³/mol. The van der Waals surface area contributed by atoms with Gasteiger partial charge < -0.3 is 9.47 Å². The zero-order valence-electron chi connectivity index (χ0n) is 8.27. The van der Waals surface area contributed by atoms with Crippen LogP contribution < -0.4 is 9.47 Å². The zero-order valence-corrected chi connectivity index (χ0v) is 9.08. The quantitative estimate of drug-likeness (QED) is 0.615. The Morgan fingerprint density at radius 1 is 1.47 bits per heavy atom. The van der Waals surface area contributed by atoms with E-state index in [-0.39, 0.29) is 6.79 Å². The van der Waals surface area contributed by atoms with Crippen LogP contribution >= 0.6 is 12.2 Å². The molecule has 0 bridgehead atoms. The van der Waals surface area contributed by atoms with Crippen LogP contribution in [0.15, 0.2) is 18.2 Å². The maximum absolute atomic E-state index is 9.45. The van der Waals surface area contributed by atoms with E-state index in [9.17, 15) is 5.21 Å². The summed E-state index contributed by atoms with van der Waals surface area (Å²) in [6, 6.07) is 5.53. The largest absolute Gasteiger partial charge is 0.454 e. The van der Waals surface area contributed by atoms with Crippen LogP contribution in [0.2, 0.25) is 0 Å². The SMILES string of the molecule is CC(=S)N(O)Cc1ccc2c(c1)OCO2. The Kier molecular flexibility index (Phi) is 2.75. The highest BCUT2D eigenvalue weighted by Gasteiger charge is 2.14. The first kappa shape index (κ1) is 10.2. The molecule has 1 N–H and O–H groups in total. The Morgan fingerprint density at radius 3 is 2.93 bits per heavy atom. The molecule has 0 amide bonds. The van der Waals surface area contributed by atoms with Gasteiger partial charge in [0.05, 0.1) is 6.54 Å². The van der Waals surface area contributed by atoms with Crippen molar-refractivity contribution >= 4 is 17.2 Å². The van der Waals surface area contributed by atoms with E-state index < -0.39 is 0 Å². The Bertz CT molecular complexity index is 394. The normalized spacial score (nSPS) is 12.7. The van der Waals surface area contributed by atoms with Crippen LogP contribution in [-0.2, 0) is 6.54 Å². The number of rotatable bonds is 2. The molecule has 4 nitrogen and oxygen atoms in total. The molecule has 1 heterocycles. The van der Waals surface area contributed by atoms with Gasteiger partial charge in [-0.2, -0.15) is 0 Å². The molecule has 0 saturated heterocycles. The summed E-state index contributed by atoms with van der Waals surface area (Å²) in [7, 11) is 0. The van der Waals surface area contributed by atoms with E-state index in [0.29, 0.717) is 17.3 Å². The topological polar surface area (TPSA) is 41.9 Å². The molecule has 1 aliphatic rings. The molecule has 1 aromatic rings. The van der Waals surface area contributed by atoms with Gasteiger partial charge in [0.1, 0.15) is 4.99 Å². The number of benzene rings is 1. The van der Waals surface area contributed by atoms with Gasteiger partial charge in [0.15, 0.2) is 11.5 Å². The van der Waals surface area contributed by atoms with Crippen molar-refractivity contribution in [2.45, 2.75) is 13.5 Å². The highest BCUT2D eigenvalue weighted by molar-refractivity contribution is 7.80. The monoisotopic (exact) mass is 225 g/mol. The Labute approximate surface area is 93.0 Å². The van der Waals surface area contributed by atoms with Gasteiger partial charge in [-0.15, -0.1) is 0 Å². The standard InChI is InChI=1S/C10H11NO3S/c1-7(15)11(12)5-8-2-3-9-10(4-8)14-6-13-9/h2-4,12H,5-6H2,1H3. The number of ether oxygens (including phenoxy) is 2. The lowest BCUT2D eigenvalue weighted by molar-refractivity contribution is -0.0204. The summed E-state index contributed by atoms with van der Waals surface area (Å²) in [6.45, 7) is 2.28. The lowest BCUT2D eigenvalue weighted by atomic mass is 10.2. The molecule has 1 aliphatic heterocycles. The zero-order chi connectivity index (χ0) is 10.8. The first-order valence-corrected chi connectivity index (χ1v) is 4.93. The van der Waals surface area contributed by atoms with Crippen molar-refractivity contribution < 1.29 is 14.7 Å². The molecule has 0 atom stereocenters. The molecule has 0 spiro atoms. The van der Waals surface area contributed by atoms with Gasteiger partial charge in [-0.05, 0) is 24.6 Å². The first-order chi connectivity index (χ1) is 7.16. The molecule has 1 aromatic carbocycles. The van der Waals surface area contributed by atoms with Gasteiger partial charge in [-0.1, -0.05) is 18.3 Å². The average molecular weight is 225 g/mol. The fraction of sp³-hybridized carbons (Fsp3) is 0.300. The van der Waals surface area contributed by atoms with Crippen molar-refractivity contribution in [3.63, 3.8) is 0 Å². The summed E-state index contributed by atoms with van der Waals surface area (Å²) < 4.78 is 10.4. The fourth-order valence-corrected chi connectivity index (χ4v) is 1.39. The van der Waals surface area contributed by atoms with Gasteiger partial charge in [0.2, 0.25) is 6.79 Å². The maximum Gasteiger partial charge on any atom is 0.231 e. The van der Waals surface area contributed by atoms with Gasteiger partial charge in [0, 0.05) is 0 Å². The van der Waals surface area contributed by atoms with Crippen molar-refractivity contribution in [3.05, 3.63) is 23.8 Å². The summed E-state index contributed by atoms with van der Waals surface area (Å²) in [5, 5.41) is 10.5. The van der Waals surface area contributed by atoms with Crippen molar-refractivity contribution in [3.8, 4) is 11.5 Å². The van der Waals surface area contributed by atoms with Crippen molar-refractivity contribution in [1.82, 2.24) is 5.06 Å². The lowest BCUT2D eigenvalue weighted by Gasteiger charge is -2.14. The fourth-order valence-electron chi connectivity index (χ4n) is 1.32. The van der Waals surface area contributed by atoms with E-state index in [4.69, 9.17) is 21.7 Å². The van der Waals surface area contributed by atoms with Crippen LogP contribution in [0, 0.1) is 0 Å². The molecule has 80 valence electrons. The van der Waals surface area contributed by atoms with E-state index in [0.717, 1.165) is 16.4 Å². The molecule has 0 fully saturated rings. The molecule has 2 rings (SSSR count). The molecule has 0 unspecified atom stereocenters. The molecular formula is C10H11NO3S. The van der Waals surface area contributed by atoms with E-state index in [1.165, 1.54) is 0 Å². The molecule has 0 aromatic heterocycles. The summed E-state index contributed by atoms with van der Waals surface area (Å²) in [6.07, 6.45) is 0. The smallest absolute Gasteiger partial charge is 0.231 e. The molecular weight excluding hydrogens is 214 g/mol. The number of nitrogens with zero attached hydrogens (tertiary/aromatic N) is 1. The average Bonchev–Trinajstić information content (AvgIpc) is 2.64. The van der Waals surface area contributed by atoms with Crippen LogP contribution in [0.5, 0.6) is 11.5 Å². The van der Waals surface area contributed by atoms with Crippen molar-refractivity contribution in [1.29, 1.82) is 0 Å². The molecule has 15 heavy (non-hydrogen) atoms. The van der Waals surface area contributed by atoms with Gasteiger partial charge >= 0.3 is 0 Å². The third-order valence-electron chi connectivity index (χ3n) is 2.13. The number of hydrogen-bond acceptors (Lipinski definition) is 4. The first-order valence-electron chi connectivity index (χ1n) is 4.52. The Balaban J connectivity index is 2.13. The summed E-state index contributed by atoms with van der Waals surface area (Å²) in [4.78, 5) is 0.438. The number of hydroxylamine groups is 2. The van der Waals surface area contributed by atoms with E-state index in [2.05, 4.69) is 0 Å². The minimum Gasteiger partial charge on any atom is -0.454 e. The molecule has 0 aliphatic carbocycles. The second-order valence-electron chi connectivity index (χ2n) is 3.26. The second-order valence-corrected chi connectivity index (χ2v) is 3.86. The molecule has 5 heteroatoms. The minimum absolute atomic E-state index is 0.258. The second kappa shape index (κ2) is 4.04. The highest BCUT2D eigenvalue weighted by atomic mass is 32.1. The Hall–Kier alpha value is -1.33. The summed E-state index contributed by atoms with van der Waals surface area (Å²) >= 11 is 4.84. The summed E-state index contributed by atoms with van der Waals surface area (Å²) in [5.41, 5.74) is 0.922. The van der Waals surface area contributed by atoms with Gasteiger partial charge in [-0.3, -0.25) is 5.21 Å². The third kappa shape index (κ3) is 2.19. The van der Waals surface area contributed by atoms with Crippen molar-refractivity contribution in [2.75, 3.05) is 6.79 Å². The Morgan fingerprint density at radius 2 is 2.20 bits per heavy atom. The van der Waals surface area contributed by atoms with Crippen LogP contribution in [0.3, 0.4) is 0 Å². The number of thiocarbonyl (C=S) groups is 1. The number of fused-ring (bicyclic) bond motifs is 1. The summed E-state index contributed by atoms with van der Waals surface area (Å²) in [5.74, 6) is 1.45. The van der Waals surface area contributed by atoms with Gasteiger partial charge in [-0.25, -0.2) is 5.06 Å². The minimum atomic E-state index is 0.258. The van der Waals surface area contributed by atoms with Crippen LogP contribution in [0.1, 0.15) is 12.5 Å². The lowest BCUT2D eigenvalue weighted by Crippen LogP contribution is -2.22. The predicted octanol–water partition coefficient (Wildman–Crippen LogP) is 1.95. The van der Waals surface area contributed by atoms with Gasteiger partial charge in [0.25, 0.3) is 0 Å². The van der Waals surface area contributed by atoms with E-state index in [1.807, 2.05) is 18.2 Å². The highest BCUT2D eigenvalue weighted by Crippen LogP contribution is 2.32. The van der Waals surface area contributed by atoms with Crippen LogP contribution in [0.25, 0.3) is 0 Å². The third-order valence-corrected chi connectivity index (χ3v) is 2.34. The van der Waals surface area contributed by atoms with E-state index >= 15 is 0 Å². The number of hydrogen-bond donors (Lipinski definition) is 1. The van der Waals surface area contributed by atoms with Crippen LogP contribution in [-0.4, -0.2) is 22.1 Å². The molecule has 0 radical (unpaired) electrons. The van der Waals surface area contributed by atoms with Crippen molar-refractivity contribution in [2.24, 2.45) is 0 Å².